The second-order valence-electron chi connectivity index (χ2n) is 5.00. The Kier molecular flexibility index (Phi) is 5.59. The molecule has 0 spiro atoms. The molecule has 2 heteroatoms. The fraction of sp³-hybridized carbons (Fsp3) is 0.571. The van der Waals surface area contributed by atoms with Crippen molar-refractivity contribution >= 4 is 22.6 Å². The molecule has 90 valence electrons. The van der Waals surface area contributed by atoms with Crippen molar-refractivity contribution < 1.29 is 4.74 Å². The number of ether oxygens (including phenoxy) is 1. The van der Waals surface area contributed by atoms with Crippen LogP contribution in [0.5, 0.6) is 5.75 Å². The summed E-state index contributed by atoms with van der Waals surface area (Å²) in [4.78, 5) is 0. The first-order valence-electron chi connectivity index (χ1n) is 5.85. The predicted octanol–water partition coefficient (Wildman–Crippen LogP) is 4.62. The fourth-order valence-corrected chi connectivity index (χ4v) is 2.04. The summed E-state index contributed by atoms with van der Waals surface area (Å²) in [6, 6.07) is 8.50. The van der Waals surface area contributed by atoms with E-state index in [-0.39, 0.29) is 5.60 Å². The first-order valence-corrected chi connectivity index (χ1v) is 7.38. The van der Waals surface area contributed by atoms with Crippen LogP contribution in [0.15, 0.2) is 24.3 Å². The molecule has 0 atom stereocenters. The minimum atomic E-state index is -0.108. The van der Waals surface area contributed by atoms with Crippen molar-refractivity contribution in [3.63, 3.8) is 0 Å². The van der Waals surface area contributed by atoms with Crippen LogP contribution in [-0.4, -0.2) is 10.0 Å². The molecule has 0 radical (unpaired) electrons. The van der Waals surface area contributed by atoms with E-state index >= 15 is 0 Å². The molecule has 16 heavy (non-hydrogen) atoms. The fourth-order valence-electron chi connectivity index (χ4n) is 1.50. The molecule has 0 amide bonds. The van der Waals surface area contributed by atoms with E-state index in [9.17, 15) is 0 Å². The SMILES string of the molecule is CC(C)(C)Oc1ccc(CCCCI)cc1. The number of benzene rings is 1. The van der Waals surface area contributed by atoms with Gasteiger partial charge in [0.15, 0.2) is 0 Å². The van der Waals surface area contributed by atoms with Gasteiger partial charge < -0.3 is 4.74 Å². The van der Waals surface area contributed by atoms with Gasteiger partial charge in [0.25, 0.3) is 0 Å². The zero-order chi connectivity index (χ0) is 12.0. The Bertz CT molecular complexity index is 298. The van der Waals surface area contributed by atoms with Crippen molar-refractivity contribution in [3.05, 3.63) is 29.8 Å². The molecule has 1 nitrogen and oxygen atoms in total. The van der Waals surface area contributed by atoms with Gasteiger partial charge >= 0.3 is 0 Å². The van der Waals surface area contributed by atoms with Crippen LogP contribution >= 0.6 is 22.6 Å². The summed E-state index contributed by atoms with van der Waals surface area (Å²) in [6.07, 6.45) is 3.77. The van der Waals surface area contributed by atoms with E-state index in [0.29, 0.717) is 0 Å². The standard InChI is InChI=1S/C14H21IO/c1-14(2,3)16-13-9-7-12(8-10-13)6-4-5-11-15/h7-10H,4-6,11H2,1-3H3. The van der Waals surface area contributed by atoms with Gasteiger partial charge in [-0.3, -0.25) is 0 Å². The Balaban J connectivity index is 2.48. The normalized spacial score (nSPS) is 11.5. The number of hydrogen-bond donors (Lipinski definition) is 0. The van der Waals surface area contributed by atoms with Crippen molar-refractivity contribution in [1.82, 2.24) is 0 Å². The molecule has 0 aliphatic carbocycles. The third-order valence-corrected chi connectivity index (χ3v) is 2.96. The number of unbranched alkanes of at least 4 members (excludes halogenated alkanes) is 1. The van der Waals surface area contributed by atoms with Gasteiger partial charge in [-0.25, -0.2) is 0 Å². The highest BCUT2D eigenvalue weighted by Gasteiger charge is 2.11. The van der Waals surface area contributed by atoms with Crippen LogP contribution < -0.4 is 4.74 Å². The molecule has 0 N–H and O–H groups in total. The second-order valence-corrected chi connectivity index (χ2v) is 6.08. The molecule has 0 fully saturated rings. The van der Waals surface area contributed by atoms with Crippen molar-refractivity contribution in [2.45, 2.75) is 45.6 Å². The molecule has 0 aliphatic rings. The van der Waals surface area contributed by atoms with Crippen LogP contribution in [-0.2, 0) is 6.42 Å². The van der Waals surface area contributed by atoms with E-state index in [4.69, 9.17) is 4.74 Å². The van der Waals surface area contributed by atoms with Gasteiger partial charge in [0, 0.05) is 0 Å². The minimum absolute atomic E-state index is 0.108. The van der Waals surface area contributed by atoms with Gasteiger partial charge in [-0.1, -0.05) is 34.7 Å². The second kappa shape index (κ2) is 6.48. The maximum atomic E-state index is 5.78. The van der Waals surface area contributed by atoms with Crippen LogP contribution in [0, 0.1) is 0 Å². The largest absolute Gasteiger partial charge is 0.488 e. The quantitative estimate of drug-likeness (QED) is 0.434. The van der Waals surface area contributed by atoms with E-state index in [1.807, 2.05) is 0 Å². The summed E-state index contributed by atoms with van der Waals surface area (Å²) in [5.74, 6) is 0.963. The molecular weight excluding hydrogens is 311 g/mol. The van der Waals surface area contributed by atoms with Crippen molar-refractivity contribution in [2.24, 2.45) is 0 Å². The van der Waals surface area contributed by atoms with Crippen molar-refractivity contribution in [2.75, 3.05) is 4.43 Å². The van der Waals surface area contributed by atoms with E-state index in [0.717, 1.165) is 5.75 Å². The van der Waals surface area contributed by atoms with E-state index in [1.165, 1.54) is 29.3 Å². The number of halogens is 1. The van der Waals surface area contributed by atoms with Gasteiger partial charge in [-0.15, -0.1) is 0 Å². The van der Waals surface area contributed by atoms with E-state index in [2.05, 4.69) is 67.6 Å². The zero-order valence-corrected chi connectivity index (χ0v) is 12.6. The van der Waals surface area contributed by atoms with Crippen LogP contribution in [0.3, 0.4) is 0 Å². The average Bonchev–Trinajstić information content (AvgIpc) is 2.19. The molecule has 0 saturated heterocycles. The van der Waals surface area contributed by atoms with Gasteiger partial charge in [-0.05, 0) is 62.2 Å². The predicted molar refractivity (Wildman–Crippen MR) is 78.6 cm³/mol. The van der Waals surface area contributed by atoms with Gasteiger partial charge in [0.2, 0.25) is 0 Å². The molecule has 0 heterocycles. The molecule has 1 aromatic carbocycles. The summed E-state index contributed by atoms with van der Waals surface area (Å²) in [5.41, 5.74) is 1.30. The highest BCUT2D eigenvalue weighted by Crippen LogP contribution is 2.19. The number of rotatable bonds is 5. The summed E-state index contributed by atoms with van der Waals surface area (Å²) < 4.78 is 7.03. The number of alkyl halides is 1. The van der Waals surface area contributed by atoms with E-state index < -0.39 is 0 Å². The van der Waals surface area contributed by atoms with Crippen LogP contribution in [0.2, 0.25) is 0 Å². The molecule has 1 aromatic rings. The van der Waals surface area contributed by atoms with Gasteiger partial charge in [-0.2, -0.15) is 0 Å². The molecule has 0 bridgehead atoms. The molecular formula is C14H21IO. The van der Waals surface area contributed by atoms with Crippen molar-refractivity contribution in [3.8, 4) is 5.75 Å². The van der Waals surface area contributed by atoms with Crippen LogP contribution in [0.1, 0.15) is 39.2 Å². The van der Waals surface area contributed by atoms with Gasteiger partial charge in [0.05, 0.1) is 0 Å². The lowest BCUT2D eigenvalue weighted by molar-refractivity contribution is 0.131. The topological polar surface area (TPSA) is 9.23 Å². The lowest BCUT2D eigenvalue weighted by Crippen LogP contribution is -2.22. The summed E-state index contributed by atoms with van der Waals surface area (Å²) >= 11 is 2.43. The number of hydrogen-bond acceptors (Lipinski definition) is 1. The zero-order valence-electron chi connectivity index (χ0n) is 10.4. The Morgan fingerprint density at radius 2 is 1.69 bits per heavy atom. The highest BCUT2D eigenvalue weighted by atomic mass is 127. The maximum Gasteiger partial charge on any atom is 0.120 e. The molecule has 0 aliphatic heterocycles. The molecule has 0 unspecified atom stereocenters. The first kappa shape index (κ1) is 13.8. The lowest BCUT2D eigenvalue weighted by atomic mass is 10.1. The maximum absolute atomic E-state index is 5.78. The monoisotopic (exact) mass is 332 g/mol. The molecule has 1 rings (SSSR count). The Morgan fingerprint density at radius 3 is 2.19 bits per heavy atom. The van der Waals surface area contributed by atoms with Crippen LogP contribution in [0.25, 0.3) is 0 Å². The first-order chi connectivity index (χ1) is 7.51. The Labute approximate surface area is 113 Å². The smallest absolute Gasteiger partial charge is 0.120 e. The minimum Gasteiger partial charge on any atom is -0.488 e. The lowest BCUT2D eigenvalue weighted by Gasteiger charge is -2.21. The molecule has 0 saturated carbocycles. The number of aryl methyl sites for hydroxylation is 1. The average molecular weight is 332 g/mol. The summed E-state index contributed by atoms with van der Waals surface area (Å²) in [7, 11) is 0. The highest BCUT2D eigenvalue weighted by molar-refractivity contribution is 14.1. The van der Waals surface area contributed by atoms with Crippen LogP contribution in [0.4, 0.5) is 0 Å². The summed E-state index contributed by atoms with van der Waals surface area (Å²) in [5, 5.41) is 0. The van der Waals surface area contributed by atoms with Gasteiger partial charge in [0.1, 0.15) is 11.4 Å². The third kappa shape index (κ3) is 5.73. The van der Waals surface area contributed by atoms with Crippen molar-refractivity contribution in [1.29, 1.82) is 0 Å². The third-order valence-electron chi connectivity index (χ3n) is 2.20. The Hall–Kier alpha value is -0.250. The Morgan fingerprint density at radius 1 is 1.06 bits per heavy atom. The summed E-state index contributed by atoms with van der Waals surface area (Å²) in [6.45, 7) is 6.21. The molecule has 0 aromatic heterocycles. The van der Waals surface area contributed by atoms with E-state index in [1.54, 1.807) is 0 Å².